The number of hydrogen-bond donors (Lipinski definition) is 1. The normalized spacial score (nSPS) is 13.4. The summed E-state index contributed by atoms with van der Waals surface area (Å²) >= 11 is 18.2. The molecule has 2 aromatic heterocycles. The van der Waals surface area contributed by atoms with Crippen LogP contribution >= 0.6 is 35.0 Å². The van der Waals surface area contributed by atoms with Gasteiger partial charge in [0, 0.05) is 36.8 Å². The van der Waals surface area contributed by atoms with Crippen molar-refractivity contribution in [3.63, 3.8) is 0 Å². The smallest absolute Gasteiger partial charge is 0.298 e. The molecule has 0 radical (unpaired) electrons. The average Bonchev–Trinajstić information content (AvgIpc) is 2.48. The molecular weight excluding hydrogens is 349 g/mol. The SMILES string of the molecule is Cn1c2c(c(=N)n(-c3c(Cl)ccnc3Cl)c1=O)C=CN(Cl)C2. The van der Waals surface area contributed by atoms with E-state index in [0.29, 0.717) is 17.8 Å². The van der Waals surface area contributed by atoms with E-state index in [1.54, 1.807) is 19.3 Å². The van der Waals surface area contributed by atoms with Crippen molar-refractivity contribution in [3.8, 4) is 5.69 Å². The van der Waals surface area contributed by atoms with E-state index < -0.39 is 5.69 Å². The molecule has 0 bridgehead atoms. The molecule has 0 amide bonds. The molecule has 1 N–H and O–H groups in total. The van der Waals surface area contributed by atoms with Gasteiger partial charge in [-0.25, -0.2) is 14.3 Å². The lowest BCUT2D eigenvalue weighted by atomic mass is 10.1. The van der Waals surface area contributed by atoms with Crippen LogP contribution < -0.4 is 11.2 Å². The van der Waals surface area contributed by atoms with Crippen LogP contribution in [0.4, 0.5) is 0 Å². The quantitative estimate of drug-likeness (QED) is 0.628. The summed E-state index contributed by atoms with van der Waals surface area (Å²) in [6.45, 7) is 0.320. The monoisotopic (exact) mass is 357 g/mol. The van der Waals surface area contributed by atoms with E-state index in [0.717, 1.165) is 4.57 Å². The Labute approximate surface area is 140 Å². The van der Waals surface area contributed by atoms with Gasteiger partial charge in [-0.3, -0.25) is 14.4 Å². The van der Waals surface area contributed by atoms with Gasteiger partial charge in [-0.15, -0.1) is 0 Å². The molecule has 1 aliphatic rings. The molecule has 0 aliphatic carbocycles. The van der Waals surface area contributed by atoms with Crippen LogP contribution in [0.3, 0.4) is 0 Å². The second-order valence-corrected chi connectivity index (χ2v) is 5.89. The van der Waals surface area contributed by atoms with Gasteiger partial charge in [-0.05, 0) is 12.1 Å². The van der Waals surface area contributed by atoms with Crippen LogP contribution in [0.25, 0.3) is 11.8 Å². The number of halogens is 3. The van der Waals surface area contributed by atoms with Gasteiger partial charge in [-0.1, -0.05) is 23.2 Å². The van der Waals surface area contributed by atoms with Crippen LogP contribution in [0.1, 0.15) is 11.3 Å². The lowest BCUT2D eigenvalue weighted by Crippen LogP contribution is -2.42. The zero-order chi connectivity index (χ0) is 16.0. The zero-order valence-corrected chi connectivity index (χ0v) is 13.6. The zero-order valence-electron chi connectivity index (χ0n) is 11.3. The molecule has 0 unspecified atom stereocenters. The summed E-state index contributed by atoms with van der Waals surface area (Å²) in [7, 11) is 1.61. The van der Waals surface area contributed by atoms with Gasteiger partial charge >= 0.3 is 5.69 Å². The number of hydrogen-bond acceptors (Lipinski definition) is 4. The molecule has 22 heavy (non-hydrogen) atoms. The van der Waals surface area contributed by atoms with Gasteiger partial charge in [0.15, 0.2) is 5.15 Å². The number of fused-ring (bicyclic) bond motifs is 1. The number of pyridine rings is 1. The Morgan fingerprint density at radius 1 is 1.36 bits per heavy atom. The number of nitrogens with zero attached hydrogens (tertiary/aromatic N) is 4. The number of nitrogens with one attached hydrogen (secondary N) is 1. The summed E-state index contributed by atoms with van der Waals surface area (Å²) in [4.78, 5) is 16.6. The van der Waals surface area contributed by atoms with Gasteiger partial charge in [0.1, 0.15) is 11.2 Å². The summed E-state index contributed by atoms with van der Waals surface area (Å²) in [6.07, 6.45) is 4.73. The first-order valence-corrected chi connectivity index (χ1v) is 7.31. The van der Waals surface area contributed by atoms with E-state index in [1.807, 2.05) is 0 Å². The first-order chi connectivity index (χ1) is 10.4. The highest BCUT2D eigenvalue weighted by Crippen LogP contribution is 2.25. The van der Waals surface area contributed by atoms with Crippen LogP contribution in [0.5, 0.6) is 0 Å². The van der Waals surface area contributed by atoms with Crippen LogP contribution in [0.15, 0.2) is 23.3 Å². The standard InChI is InChI=1S/C13H10Cl3N5O/c1-19-9-6-20(16)5-3-7(9)12(17)21(13(19)22)10-8(14)2-4-18-11(10)15/h2-5,17H,6H2,1H3. The second-order valence-electron chi connectivity index (χ2n) is 4.69. The topological polar surface area (TPSA) is 66.9 Å². The van der Waals surface area contributed by atoms with Crippen LogP contribution in [0, 0.1) is 5.41 Å². The summed E-state index contributed by atoms with van der Waals surface area (Å²) in [6, 6.07) is 1.52. The van der Waals surface area contributed by atoms with Gasteiger partial charge in [0.05, 0.1) is 17.3 Å². The number of rotatable bonds is 1. The highest BCUT2D eigenvalue weighted by atomic mass is 35.5. The predicted molar refractivity (Wildman–Crippen MR) is 85.1 cm³/mol. The summed E-state index contributed by atoms with van der Waals surface area (Å²) in [5, 5.41) is 8.65. The second kappa shape index (κ2) is 5.46. The molecule has 6 nitrogen and oxygen atoms in total. The van der Waals surface area contributed by atoms with Gasteiger partial charge in [0.25, 0.3) is 0 Å². The molecule has 1 aliphatic heterocycles. The van der Waals surface area contributed by atoms with Crippen molar-refractivity contribution >= 4 is 41.1 Å². The Kier molecular flexibility index (Phi) is 3.76. The molecule has 0 saturated heterocycles. The number of aromatic nitrogens is 3. The van der Waals surface area contributed by atoms with Crippen molar-refractivity contribution in [2.24, 2.45) is 7.05 Å². The van der Waals surface area contributed by atoms with Gasteiger partial charge in [-0.2, -0.15) is 0 Å². The van der Waals surface area contributed by atoms with Crippen molar-refractivity contribution in [3.05, 3.63) is 55.9 Å². The van der Waals surface area contributed by atoms with E-state index in [4.69, 9.17) is 40.4 Å². The molecule has 9 heteroatoms. The maximum absolute atomic E-state index is 12.6. The minimum atomic E-state index is -0.444. The Balaban J connectivity index is 2.43. The van der Waals surface area contributed by atoms with Crippen molar-refractivity contribution in [1.29, 1.82) is 5.41 Å². The Morgan fingerprint density at radius 3 is 2.77 bits per heavy atom. The van der Waals surface area contributed by atoms with Gasteiger partial charge in [0.2, 0.25) is 0 Å². The van der Waals surface area contributed by atoms with E-state index in [9.17, 15) is 4.79 Å². The first kappa shape index (κ1) is 15.1. The molecule has 0 spiro atoms. The Morgan fingerprint density at radius 2 is 2.09 bits per heavy atom. The highest BCUT2D eigenvalue weighted by molar-refractivity contribution is 6.37. The Hall–Kier alpha value is -1.76. The van der Waals surface area contributed by atoms with E-state index >= 15 is 0 Å². The third kappa shape index (κ3) is 2.24. The molecule has 0 fully saturated rings. The minimum Gasteiger partial charge on any atom is -0.298 e. The van der Waals surface area contributed by atoms with Crippen molar-refractivity contribution in [2.45, 2.75) is 6.54 Å². The summed E-state index contributed by atoms with van der Waals surface area (Å²) in [5.41, 5.74) is 0.952. The third-order valence-electron chi connectivity index (χ3n) is 3.43. The van der Waals surface area contributed by atoms with Gasteiger partial charge < -0.3 is 0 Å². The Bertz CT molecular complexity index is 895. The molecule has 3 heterocycles. The van der Waals surface area contributed by atoms with Crippen LogP contribution in [0.2, 0.25) is 10.2 Å². The maximum Gasteiger partial charge on any atom is 0.334 e. The fourth-order valence-corrected chi connectivity index (χ4v) is 3.02. The van der Waals surface area contributed by atoms with E-state index in [2.05, 4.69) is 4.98 Å². The lowest BCUT2D eigenvalue weighted by Gasteiger charge is -2.22. The molecular formula is C13H10Cl3N5O. The van der Waals surface area contributed by atoms with E-state index in [1.165, 1.54) is 21.2 Å². The lowest BCUT2D eigenvalue weighted by molar-refractivity contribution is 0.538. The maximum atomic E-state index is 12.6. The third-order valence-corrected chi connectivity index (χ3v) is 4.24. The minimum absolute atomic E-state index is 0.0177. The van der Waals surface area contributed by atoms with Crippen molar-refractivity contribution < 1.29 is 0 Å². The van der Waals surface area contributed by atoms with Crippen LogP contribution in [-0.2, 0) is 13.6 Å². The van der Waals surface area contributed by atoms with Crippen LogP contribution in [-0.4, -0.2) is 18.5 Å². The molecule has 0 saturated carbocycles. The largest absolute Gasteiger partial charge is 0.334 e. The molecule has 2 aromatic rings. The molecule has 0 aromatic carbocycles. The molecule has 114 valence electrons. The fourth-order valence-electron chi connectivity index (χ4n) is 2.33. The molecule has 0 atom stereocenters. The predicted octanol–water partition coefficient (Wildman–Crippen LogP) is 2.30. The summed E-state index contributed by atoms with van der Waals surface area (Å²) in [5.74, 6) is 0. The highest BCUT2D eigenvalue weighted by Gasteiger charge is 2.21. The first-order valence-electron chi connectivity index (χ1n) is 6.22. The summed E-state index contributed by atoms with van der Waals surface area (Å²) < 4.78 is 3.98. The van der Waals surface area contributed by atoms with E-state index in [-0.39, 0.29) is 21.4 Å². The van der Waals surface area contributed by atoms with Crippen molar-refractivity contribution in [1.82, 2.24) is 18.5 Å². The average molecular weight is 359 g/mol. The fraction of sp³-hybridized carbons (Fsp3) is 0.154. The molecule has 3 rings (SSSR count). The van der Waals surface area contributed by atoms with Crippen molar-refractivity contribution in [2.75, 3.05) is 0 Å².